The van der Waals surface area contributed by atoms with Crippen LogP contribution in [0.2, 0.25) is 0 Å². The first-order valence-electron chi connectivity index (χ1n) is 7.02. The number of benzene rings is 1. The molecule has 2 aliphatic carbocycles. The second kappa shape index (κ2) is 5.66. The van der Waals surface area contributed by atoms with Gasteiger partial charge in [-0.1, -0.05) is 12.2 Å². The first-order valence-corrected chi connectivity index (χ1v) is 7.02. The molecule has 3 unspecified atom stereocenters. The Morgan fingerprint density at radius 1 is 1.21 bits per heavy atom. The maximum absolute atomic E-state index is 5.55. The standard InChI is InChI=1S/C16H21NO2/c1-18-9-10-19-14-7-5-13(6-8-14)17-16-11-12-3-2-4-15(12)16/h2,4-8,12,15-17H,3,9-11H2,1H3. The van der Waals surface area contributed by atoms with Crippen molar-refractivity contribution in [2.24, 2.45) is 11.8 Å². The molecule has 1 N–H and O–H groups in total. The molecule has 0 bridgehead atoms. The van der Waals surface area contributed by atoms with Crippen molar-refractivity contribution in [2.45, 2.75) is 18.9 Å². The molecule has 3 rings (SSSR count). The molecular formula is C16H21NO2. The van der Waals surface area contributed by atoms with Crippen molar-refractivity contribution in [1.82, 2.24) is 0 Å². The van der Waals surface area contributed by atoms with Crippen molar-refractivity contribution < 1.29 is 9.47 Å². The van der Waals surface area contributed by atoms with Gasteiger partial charge in [0.2, 0.25) is 0 Å². The van der Waals surface area contributed by atoms with Crippen molar-refractivity contribution in [3.63, 3.8) is 0 Å². The molecule has 1 aromatic rings. The van der Waals surface area contributed by atoms with Gasteiger partial charge in [0.1, 0.15) is 12.4 Å². The molecule has 1 saturated carbocycles. The van der Waals surface area contributed by atoms with Crippen LogP contribution in [0.3, 0.4) is 0 Å². The van der Waals surface area contributed by atoms with Gasteiger partial charge in [0, 0.05) is 24.8 Å². The Bertz CT molecular complexity index is 441. The Hall–Kier alpha value is -1.48. The van der Waals surface area contributed by atoms with E-state index < -0.39 is 0 Å². The Labute approximate surface area is 114 Å². The molecule has 0 spiro atoms. The second-order valence-electron chi connectivity index (χ2n) is 5.35. The van der Waals surface area contributed by atoms with Crippen molar-refractivity contribution in [3.8, 4) is 5.75 Å². The van der Waals surface area contributed by atoms with Crippen LogP contribution in [0.1, 0.15) is 12.8 Å². The summed E-state index contributed by atoms with van der Waals surface area (Å²) in [6, 6.07) is 8.82. The normalized spacial score (nSPS) is 27.7. The van der Waals surface area contributed by atoms with E-state index in [0.29, 0.717) is 19.3 Å². The summed E-state index contributed by atoms with van der Waals surface area (Å²) in [7, 11) is 1.68. The Morgan fingerprint density at radius 3 is 2.79 bits per heavy atom. The zero-order valence-electron chi connectivity index (χ0n) is 11.3. The van der Waals surface area contributed by atoms with E-state index in [-0.39, 0.29) is 0 Å². The lowest BCUT2D eigenvalue weighted by molar-refractivity contribution is 0.146. The third kappa shape index (κ3) is 2.76. The van der Waals surface area contributed by atoms with Gasteiger partial charge in [-0.15, -0.1) is 0 Å². The van der Waals surface area contributed by atoms with Gasteiger partial charge in [0.05, 0.1) is 6.61 Å². The molecule has 0 radical (unpaired) electrons. The number of methoxy groups -OCH3 is 1. The van der Waals surface area contributed by atoms with E-state index in [1.54, 1.807) is 7.11 Å². The number of allylic oxidation sites excluding steroid dienone is 1. The van der Waals surface area contributed by atoms with Crippen LogP contribution in [-0.2, 0) is 4.74 Å². The Morgan fingerprint density at radius 2 is 2.05 bits per heavy atom. The van der Waals surface area contributed by atoms with Crippen LogP contribution < -0.4 is 10.1 Å². The van der Waals surface area contributed by atoms with Gasteiger partial charge >= 0.3 is 0 Å². The van der Waals surface area contributed by atoms with Crippen LogP contribution in [0.4, 0.5) is 5.69 Å². The molecule has 0 aromatic heterocycles. The number of hydrogen-bond acceptors (Lipinski definition) is 3. The predicted octanol–water partition coefficient (Wildman–Crippen LogP) is 3.09. The van der Waals surface area contributed by atoms with Gasteiger partial charge < -0.3 is 14.8 Å². The lowest BCUT2D eigenvalue weighted by Crippen LogP contribution is -2.43. The van der Waals surface area contributed by atoms with Crippen LogP contribution in [0, 0.1) is 11.8 Å². The van der Waals surface area contributed by atoms with Gasteiger partial charge in [-0.3, -0.25) is 0 Å². The highest BCUT2D eigenvalue weighted by Crippen LogP contribution is 2.44. The highest BCUT2D eigenvalue weighted by atomic mass is 16.5. The molecule has 1 fully saturated rings. The fraction of sp³-hybridized carbons (Fsp3) is 0.500. The number of rotatable bonds is 6. The first kappa shape index (κ1) is 12.5. The summed E-state index contributed by atoms with van der Waals surface area (Å²) in [6.45, 7) is 1.22. The number of anilines is 1. The zero-order chi connectivity index (χ0) is 13.1. The summed E-state index contributed by atoms with van der Waals surface area (Å²) in [5.41, 5.74) is 1.18. The van der Waals surface area contributed by atoms with Crippen LogP contribution in [-0.4, -0.2) is 26.4 Å². The van der Waals surface area contributed by atoms with E-state index in [1.165, 1.54) is 18.5 Å². The summed E-state index contributed by atoms with van der Waals surface area (Å²) >= 11 is 0. The van der Waals surface area contributed by atoms with Crippen LogP contribution in [0.5, 0.6) is 5.75 Å². The lowest BCUT2D eigenvalue weighted by Gasteiger charge is -2.41. The fourth-order valence-electron chi connectivity index (χ4n) is 2.99. The first-order chi connectivity index (χ1) is 9.36. The van der Waals surface area contributed by atoms with E-state index >= 15 is 0 Å². The molecule has 3 atom stereocenters. The number of fused-ring (bicyclic) bond motifs is 1. The predicted molar refractivity (Wildman–Crippen MR) is 76.6 cm³/mol. The topological polar surface area (TPSA) is 30.5 Å². The minimum absolute atomic E-state index is 0.598. The van der Waals surface area contributed by atoms with Crippen molar-refractivity contribution >= 4 is 5.69 Å². The van der Waals surface area contributed by atoms with Crippen LogP contribution in [0.25, 0.3) is 0 Å². The summed E-state index contributed by atoms with van der Waals surface area (Å²) in [6.07, 6.45) is 7.26. The monoisotopic (exact) mass is 259 g/mol. The molecular weight excluding hydrogens is 238 g/mol. The summed E-state index contributed by atoms with van der Waals surface area (Å²) in [4.78, 5) is 0. The van der Waals surface area contributed by atoms with Crippen molar-refractivity contribution in [3.05, 3.63) is 36.4 Å². The number of nitrogens with one attached hydrogen (secondary N) is 1. The maximum atomic E-state index is 5.55. The average Bonchev–Trinajstić information content (AvgIpc) is 2.79. The van der Waals surface area contributed by atoms with E-state index in [2.05, 4.69) is 29.6 Å². The maximum Gasteiger partial charge on any atom is 0.119 e. The van der Waals surface area contributed by atoms with Gasteiger partial charge in [0.25, 0.3) is 0 Å². The molecule has 3 heteroatoms. The highest BCUT2D eigenvalue weighted by Gasteiger charge is 2.40. The quantitative estimate of drug-likeness (QED) is 0.629. The molecule has 3 nitrogen and oxygen atoms in total. The van der Waals surface area contributed by atoms with E-state index in [9.17, 15) is 0 Å². The minimum atomic E-state index is 0.598. The molecule has 0 amide bonds. The van der Waals surface area contributed by atoms with Crippen LogP contribution >= 0.6 is 0 Å². The highest BCUT2D eigenvalue weighted by molar-refractivity contribution is 5.48. The largest absolute Gasteiger partial charge is 0.491 e. The molecule has 0 aliphatic heterocycles. The van der Waals surface area contributed by atoms with Gasteiger partial charge in [-0.05, 0) is 43.0 Å². The third-order valence-corrected chi connectivity index (χ3v) is 4.13. The van der Waals surface area contributed by atoms with E-state index in [1.807, 2.05) is 12.1 Å². The van der Waals surface area contributed by atoms with Gasteiger partial charge in [0.15, 0.2) is 0 Å². The summed E-state index contributed by atoms with van der Waals surface area (Å²) in [5.74, 6) is 2.54. The zero-order valence-corrected chi connectivity index (χ0v) is 11.3. The summed E-state index contributed by atoms with van der Waals surface area (Å²) in [5, 5.41) is 3.61. The Balaban J connectivity index is 1.50. The van der Waals surface area contributed by atoms with Gasteiger partial charge in [-0.25, -0.2) is 0 Å². The average molecular weight is 259 g/mol. The molecule has 0 saturated heterocycles. The minimum Gasteiger partial charge on any atom is -0.491 e. The van der Waals surface area contributed by atoms with Crippen molar-refractivity contribution in [1.29, 1.82) is 0 Å². The van der Waals surface area contributed by atoms with E-state index in [4.69, 9.17) is 9.47 Å². The molecule has 19 heavy (non-hydrogen) atoms. The second-order valence-corrected chi connectivity index (χ2v) is 5.35. The molecule has 1 aromatic carbocycles. The van der Waals surface area contributed by atoms with Gasteiger partial charge in [-0.2, -0.15) is 0 Å². The molecule has 2 aliphatic rings. The Kier molecular flexibility index (Phi) is 3.74. The molecule has 0 heterocycles. The lowest BCUT2D eigenvalue weighted by atomic mass is 9.71. The SMILES string of the molecule is COCCOc1ccc(NC2CC3CC=CC32)cc1. The smallest absolute Gasteiger partial charge is 0.119 e. The summed E-state index contributed by atoms with van der Waals surface area (Å²) < 4.78 is 10.5. The number of ether oxygens (including phenoxy) is 2. The van der Waals surface area contributed by atoms with Crippen LogP contribution in [0.15, 0.2) is 36.4 Å². The molecule has 102 valence electrons. The fourth-order valence-corrected chi connectivity index (χ4v) is 2.99. The van der Waals surface area contributed by atoms with Crippen molar-refractivity contribution in [2.75, 3.05) is 25.6 Å². The third-order valence-electron chi connectivity index (χ3n) is 4.13. The number of hydrogen-bond donors (Lipinski definition) is 1. The van der Waals surface area contributed by atoms with E-state index in [0.717, 1.165) is 17.6 Å².